The van der Waals surface area contributed by atoms with Crippen molar-refractivity contribution in [2.24, 2.45) is 0 Å². The van der Waals surface area contributed by atoms with Gasteiger partial charge in [-0.1, -0.05) is 30.7 Å². The maximum absolute atomic E-state index is 12.7. The molecule has 3 rings (SSSR count). The van der Waals surface area contributed by atoms with Crippen molar-refractivity contribution in [1.29, 1.82) is 0 Å². The molecule has 0 radical (unpaired) electrons. The molecule has 138 valence electrons. The number of fused-ring (bicyclic) bond motifs is 1. The molecule has 26 heavy (non-hydrogen) atoms. The Morgan fingerprint density at radius 3 is 2.73 bits per heavy atom. The first-order chi connectivity index (χ1) is 12.2. The van der Waals surface area contributed by atoms with Crippen molar-refractivity contribution in [3.8, 4) is 0 Å². The molecule has 0 fully saturated rings. The molecule has 0 bridgehead atoms. The van der Waals surface area contributed by atoms with Gasteiger partial charge in [-0.25, -0.2) is 13.1 Å². The van der Waals surface area contributed by atoms with Gasteiger partial charge in [0.2, 0.25) is 15.9 Å². The maximum atomic E-state index is 12.7. The average molecular weight is 391 g/mol. The number of carbonyl (C=O) groups excluding carboxylic acids is 1. The number of thioether (sulfide) groups is 1. The Balaban J connectivity index is 1.83. The number of rotatable bonds is 4. The quantitative estimate of drug-likeness (QED) is 0.836. The molecule has 0 unspecified atom stereocenters. The minimum atomic E-state index is -3.68. The second-order valence-electron chi connectivity index (χ2n) is 6.59. The first-order valence-corrected chi connectivity index (χ1v) is 10.8. The van der Waals surface area contributed by atoms with E-state index in [-0.39, 0.29) is 22.6 Å². The van der Waals surface area contributed by atoms with Crippen LogP contribution in [0.25, 0.3) is 0 Å². The minimum Gasteiger partial charge on any atom is -0.325 e. The summed E-state index contributed by atoms with van der Waals surface area (Å²) in [6.07, 6.45) is 0.409. The Hall–Kier alpha value is -1.83. The topological polar surface area (TPSA) is 75.3 Å². The summed E-state index contributed by atoms with van der Waals surface area (Å²) in [6, 6.07) is 10.8. The molecule has 2 aromatic rings. The van der Waals surface area contributed by atoms with E-state index >= 15 is 0 Å². The van der Waals surface area contributed by atoms with E-state index < -0.39 is 10.0 Å². The van der Waals surface area contributed by atoms with Crippen LogP contribution in [0.4, 0.5) is 5.69 Å². The van der Waals surface area contributed by atoms with E-state index in [2.05, 4.69) is 10.0 Å². The predicted octanol–water partition coefficient (Wildman–Crippen LogP) is 3.60. The van der Waals surface area contributed by atoms with Crippen molar-refractivity contribution >= 4 is 33.4 Å². The van der Waals surface area contributed by atoms with Gasteiger partial charge in [-0.05, 0) is 43.2 Å². The highest BCUT2D eigenvalue weighted by atomic mass is 32.2. The molecule has 0 saturated carbocycles. The lowest BCUT2D eigenvalue weighted by Crippen LogP contribution is -2.24. The van der Waals surface area contributed by atoms with Gasteiger partial charge in [0.15, 0.2) is 0 Å². The fourth-order valence-electron chi connectivity index (χ4n) is 2.84. The normalized spacial score (nSPS) is 17.3. The number of sulfonamides is 1. The lowest BCUT2D eigenvalue weighted by molar-refractivity contribution is -0.116. The van der Waals surface area contributed by atoms with Crippen molar-refractivity contribution in [2.75, 3.05) is 5.32 Å². The lowest BCUT2D eigenvalue weighted by atomic mass is 10.1. The molecule has 0 saturated heterocycles. The third-order valence-electron chi connectivity index (χ3n) is 4.29. The number of nitrogens with one attached hydrogen (secondary N) is 2. The maximum Gasteiger partial charge on any atom is 0.240 e. The van der Waals surface area contributed by atoms with Crippen molar-refractivity contribution in [1.82, 2.24) is 4.72 Å². The predicted molar refractivity (Wildman–Crippen MR) is 105 cm³/mol. The number of benzene rings is 2. The van der Waals surface area contributed by atoms with Crippen LogP contribution in [0.1, 0.15) is 30.0 Å². The fraction of sp³-hybridized carbons (Fsp3) is 0.316. The average Bonchev–Trinajstić information content (AvgIpc) is 2.71. The van der Waals surface area contributed by atoms with Gasteiger partial charge in [-0.3, -0.25) is 4.79 Å². The van der Waals surface area contributed by atoms with E-state index in [1.54, 1.807) is 23.9 Å². The number of carbonyl (C=O) groups is 1. The van der Waals surface area contributed by atoms with Gasteiger partial charge in [-0.15, -0.1) is 11.8 Å². The number of hydrogen-bond acceptors (Lipinski definition) is 4. The first kappa shape index (κ1) is 18.9. The van der Waals surface area contributed by atoms with Gasteiger partial charge < -0.3 is 5.32 Å². The van der Waals surface area contributed by atoms with Crippen LogP contribution >= 0.6 is 11.8 Å². The minimum absolute atomic E-state index is 0.0957. The van der Waals surface area contributed by atoms with E-state index in [9.17, 15) is 13.2 Å². The Morgan fingerprint density at radius 1 is 1.19 bits per heavy atom. The molecule has 7 heteroatoms. The molecule has 1 atom stereocenters. The van der Waals surface area contributed by atoms with Gasteiger partial charge in [-0.2, -0.15) is 0 Å². The van der Waals surface area contributed by atoms with E-state index in [0.717, 1.165) is 21.6 Å². The second kappa shape index (κ2) is 7.42. The van der Waals surface area contributed by atoms with Gasteiger partial charge >= 0.3 is 0 Å². The van der Waals surface area contributed by atoms with Crippen LogP contribution in [0.3, 0.4) is 0 Å². The number of amides is 1. The Bertz CT molecular complexity index is 955. The molecular weight excluding hydrogens is 368 g/mol. The van der Waals surface area contributed by atoms with Gasteiger partial charge in [0, 0.05) is 23.1 Å². The molecule has 2 aromatic carbocycles. The summed E-state index contributed by atoms with van der Waals surface area (Å²) in [7, 11) is -3.68. The number of hydrogen-bond donors (Lipinski definition) is 2. The third-order valence-corrected chi connectivity index (χ3v) is 6.87. The molecule has 0 spiro atoms. The summed E-state index contributed by atoms with van der Waals surface area (Å²) in [4.78, 5) is 12.9. The van der Waals surface area contributed by atoms with E-state index in [1.165, 1.54) is 6.07 Å². The SMILES string of the molecule is Cc1ccc(C)c(CNS(=O)(=O)c2ccc3c(c2)NC(=O)C[C@H](C)S3)c1. The molecule has 0 aromatic heterocycles. The van der Waals surface area contributed by atoms with Crippen LogP contribution in [0.2, 0.25) is 0 Å². The van der Waals surface area contributed by atoms with Crippen molar-refractivity contribution in [2.45, 2.75) is 48.8 Å². The molecule has 1 amide bonds. The zero-order chi connectivity index (χ0) is 18.9. The molecule has 5 nitrogen and oxygen atoms in total. The Morgan fingerprint density at radius 2 is 1.96 bits per heavy atom. The molecule has 1 aliphatic rings. The highest BCUT2D eigenvalue weighted by molar-refractivity contribution is 8.00. The summed E-state index contributed by atoms with van der Waals surface area (Å²) < 4.78 is 28.0. The van der Waals surface area contributed by atoms with E-state index in [0.29, 0.717) is 12.1 Å². The fourth-order valence-corrected chi connectivity index (χ4v) is 4.93. The Labute approximate surface area is 158 Å². The van der Waals surface area contributed by atoms with Crippen molar-refractivity contribution in [3.63, 3.8) is 0 Å². The number of aryl methyl sites for hydroxylation is 2. The second-order valence-corrected chi connectivity index (χ2v) is 9.84. The summed E-state index contributed by atoms with van der Waals surface area (Å²) in [5.41, 5.74) is 3.63. The standard InChI is InChI=1S/C19H22N2O3S2/c1-12-4-5-13(2)15(8-12)11-20-26(23,24)16-6-7-18-17(10-16)21-19(22)9-14(3)25-18/h4-8,10,14,20H,9,11H2,1-3H3,(H,21,22)/t14-/m0/s1. The smallest absolute Gasteiger partial charge is 0.240 e. The first-order valence-electron chi connectivity index (χ1n) is 8.41. The highest BCUT2D eigenvalue weighted by Gasteiger charge is 2.22. The molecule has 1 heterocycles. The highest BCUT2D eigenvalue weighted by Crippen LogP contribution is 2.36. The van der Waals surface area contributed by atoms with Crippen LogP contribution in [0.5, 0.6) is 0 Å². The van der Waals surface area contributed by atoms with Crippen LogP contribution in [0, 0.1) is 13.8 Å². The monoisotopic (exact) mass is 390 g/mol. The van der Waals surface area contributed by atoms with Gasteiger partial charge in [0.05, 0.1) is 10.6 Å². The molecular formula is C19H22N2O3S2. The van der Waals surface area contributed by atoms with Crippen LogP contribution in [-0.4, -0.2) is 19.6 Å². The summed E-state index contributed by atoms with van der Waals surface area (Å²) in [5.74, 6) is -0.0957. The molecule has 2 N–H and O–H groups in total. The summed E-state index contributed by atoms with van der Waals surface area (Å²) >= 11 is 1.57. The van der Waals surface area contributed by atoms with Crippen LogP contribution in [-0.2, 0) is 21.4 Å². The summed E-state index contributed by atoms with van der Waals surface area (Å²) in [5, 5.41) is 2.96. The molecule has 0 aliphatic carbocycles. The van der Waals surface area contributed by atoms with Crippen LogP contribution in [0.15, 0.2) is 46.2 Å². The Kier molecular flexibility index (Phi) is 5.41. The van der Waals surface area contributed by atoms with E-state index in [4.69, 9.17) is 0 Å². The van der Waals surface area contributed by atoms with Crippen molar-refractivity contribution < 1.29 is 13.2 Å². The van der Waals surface area contributed by atoms with Crippen LogP contribution < -0.4 is 10.0 Å². The lowest BCUT2D eigenvalue weighted by Gasteiger charge is -2.12. The van der Waals surface area contributed by atoms with Gasteiger partial charge in [0.25, 0.3) is 0 Å². The zero-order valence-corrected chi connectivity index (χ0v) is 16.6. The van der Waals surface area contributed by atoms with Gasteiger partial charge in [0.1, 0.15) is 0 Å². The zero-order valence-electron chi connectivity index (χ0n) is 15.0. The summed E-state index contributed by atoms with van der Waals surface area (Å²) in [6.45, 7) is 6.14. The van der Waals surface area contributed by atoms with Crippen molar-refractivity contribution in [3.05, 3.63) is 53.1 Å². The number of anilines is 1. The van der Waals surface area contributed by atoms with E-state index in [1.807, 2.05) is 39.0 Å². The third kappa shape index (κ3) is 4.28. The molecule has 1 aliphatic heterocycles. The largest absolute Gasteiger partial charge is 0.325 e.